The highest BCUT2D eigenvalue weighted by Crippen LogP contribution is 2.23. The maximum atomic E-state index is 11.9. The number of amides is 1. The topological polar surface area (TPSA) is 146 Å². The van der Waals surface area contributed by atoms with Crippen molar-refractivity contribution in [2.75, 3.05) is 39.5 Å². The van der Waals surface area contributed by atoms with Crippen LogP contribution in [-0.2, 0) is 4.79 Å². The monoisotopic (exact) mass is 452 g/mol. The molecule has 12 heteroatoms. The van der Waals surface area contributed by atoms with E-state index in [1.165, 1.54) is 10.8 Å². The molecule has 0 aliphatic heterocycles. The van der Waals surface area contributed by atoms with Crippen LogP contribution >= 0.6 is 0 Å². The number of carbonyl (C=O) groups excluding carboxylic acids is 1. The number of nitrogens with one attached hydrogen (secondary N) is 1. The lowest BCUT2D eigenvalue weighted by Crippen LogP contribution is -2.31. The lowest BCUT2D eigenvalue weighted by molar-refractivity contribution is -0.123. The molecular weight excluding hydrogens is 428 g/mol. The van der Waals surface area contributed by atoms with Crippen LogP contribution in [0.15, 0.2) is 47.1 Å². The maximum absolute atomic E-state index is 11.9. The predicted molar refractivity (Wildman–Crippen MR) is 119 cm³/mol. The molecule has 1 aromatic carbocycles. The Morgan fingerprint density at radius 3 is 2.67 bits per heavy atom. The lowest BCUT2D eigenvalue weighted by atomic mass is 10.3. The largest absolute Gasteiger partial charge is 0.484 e. The molecule has 1 amide bonds. The van der Waals surface area contributed by atoms with E-state index >= 15 is 0 Å². The van der Waals surface area contributed by atoms with Crippen LogP contribution in [-0.4, -0.2) is 69.2 Å². The van der Waals surface area contributed by atoms with Crippen molar-refractivity contribution in [2.45, 2.75) is 6.42 Å². The fourth-order valence-corrected chi connectivity index (χ4v) is 2.87. The quantitative estimate of drug-likeness (QED) is 0.340. The minimum absolute atomic E-state index is 0.0177. The van der Waals surface area contributed by atoms with Crippen LogP contribution in [0.5, 0.6) is 17.5 Å². The molecule has 3 N–H and O–H groups in total. The number of fused-ring (bicyclic) bond motifs is 1. The van der Waals surface area contributed by atoms with E-state index in [9.17, 15) is 4.79 Å². The third kappa shape index (κ3) is 5.74. The zero-order chi connectivity index (χ0) is 23.2. The molecule has 0 saturated carbocycles. The second kappa shape index (κ2) is 9.96. The first-order valence-corrected chi connectivity index (χ1v) is 10.2. The number of hydrogen-bond donors (Lipinski definition) is 2. The van der Waals surface area contributed by atoms with Crippen molar-refractivity contribution in [1.29, 1.82) is 0 Å². The van der Waals surface area contributed by atoms with E-state index in [0.29, 0.717) is 29.6 Å². The van der Waals surface area contributed by atoms with Gasteiger partial charge in [-0.3, -0.25) is 4.79 Å². The molecule has 0 radical (unpaired) electrons. The Balaban J connectivity index is 1.33. The van der Waals surface area contributed by atoms with Crippen molar-refractivity contribution in [3.05, 3.63) is 42.7 Å². The lowest BCUT2D eigenvalue weighted by Gasteiger charge is -2.10. The summed E-state index contributed by atoms with van der Waals surface area (Å²) in [5.41, 5.74) is 5.97. The Bertz CT molecular complexity index is 1210. The van der Waals surface area contributed by atoms with E-state index in [1.807, 2.05) is 14.1 Å². The summed E-state index contributed by atoms with van der Waals surface area (Å²) in [6, 6.07) is 10.2. The molecule has 0 atom stereocenters. The molecular formula is C21H24N8O4. The van der Waals surface area contributed by atoms with Crippen molar-refractivity contribution in [2.24, 2.45) is 0 Å². The maximum Gasteiger partial charge on any atom is 0.328 e. The zero-order valence-corrected chi connectivity index (χ0v) is 18.3. The van der Waals surface area contributed by atoms with Gasteiger partial charge in [0.1, 0.15) is 11.5 Å². The Kier molecular flexibility index (Phi) is 6.64. The van der Waals surface area contributed by atoms with Gasteiger partial charge in [0.05, 0.1) is 6.26 Å². The van der Waals surface area contributed by atoms with E-state index in [1.54, 1.807) is 36.4 Å². The van der Waals surface area contributed by atoms with Gasteiger partial charge < -0.3 is 29.8 Å². The molecule has 0 fully saturated rings. The molecule has 4 rings (SSSR count). The van der Waals surface area contributed by atoms with Gasteiger partial charge in [-0.25, -0.2) is 0 Å². The minimum Gasteiger partial charge on any atom is -0.484 e. The number of nitrogens with two attached hydrogens (primary N) is 1. The molecule has 0 saturated heterocycles. The highest BCUT2D eigenvalue weighted by atomic mass is 16.5. The van der Waals surface area contributed by atoms with Gasteiger partial charge in [0.25, 0.3) is 11.7 Å². The van der Waals surface area contributed by atoms with Gasteiger partial charge in [-0.05, 0) is 63.5 Å². The first-order valence-electron chi connectivity index (χ1n) is 10.2. The highest BCUT2D eigenvalue weighted by Gasteiger charge is 2.15. The fourth-order valence-electron chi connectivity index (χ4n) is 2.87. The van der Waals surface area contributed by atoms with Crippen LogP contribution in [0.25, 0.3) is 17.4 Å². The SMILES string of the molecule is CN(C)CCCNC(=O)COc1ccc(Oc2nc(N)n3nc(-c4ccco4)nc3n2)cc1. The van der Waals surface area contributed by atoms with Gasteiger partial charge in [0, 0.05) is 6.54 Å². The van der Waals surface area contributed by atoms with Gasteiger partial charge in [0.2, 0.25) is 11.8 Å². The minimum atomic E-state index is -0.173. The van der Waals surface area contributed by atoms with Crippen molar-refractivity contribution in [1.82, 2.24) is 34.8 Å². The normalized spacial score (nSPS) is 11.1. The van der Waals surface area contributed by atoms with Gasteiger partial charge in [-0.15, -0.1) is 5.10 Å². The van der Waals surface area contributed by atoms with Crippen molar-refractivity contribution < 1.29 is 18.7 Å². The van der Waals surface area contributed by atoms with Crippen LogP contribution in [0.4, 0.5) is 5.95 Å². The summed E-state index contributed by atoms with van der Waals surface area (Å²) in [6.45, 7) is 1.45. The van der Waals surface area contributed by atoms with Gasteiger partial charge in [0.15, 0.2) is 12.4 Å². The Hall–Kier alpha value is -4.19. The first-order chi connectivity index (χ1) is 16.0. The molecule has 0 aliphatic rings. The second-order valence-electron chi connectivity index (χ2n) is 7.36. The number of furan rings is 1. The first kappa shape index (κ1) is 22.0. The van der Waals surface area contributed by atoms with Gasteiger partial charge >= 0.3 is 6.01 Å². The van der Waals surface area contributed by atoms with Crippen molar-refractivity contribution in [3.63, 3.8) is 0 Å². The number of aromatic nitrogens is 5. The summed E-state index contributed by atoms with van der Waals surface area (Å²) in [4.78, 5) is 26.6. The molecule has 12 nitrogen and oxygen atoms in total. The molecule has 0 unspecified atom stereocenters. The number of nitrogens with zero attached hydrogens (tertiary/aromatic N) is 6. The molecule has 3 heterocycles. The van der Waals surface area contributed by atoms with Crippen LogP contribution in [0.2, 0.25) is 0 Å². The number of anilines is 1. The molecule has 0 aliphatic carbocycles. The van der Waals surface area contributed by atoms with Crippen LogP contribution in [0.1, 0.15) is 6.42 Å². The fraction of sp³-hybridized carbons (Fsp3) is 0.286. The Labute approximate surface area is 189 Å². The third-order valence-electron chi connectivity index (χ3n) is 4.46. The summed E-state index contributed by atoms with van der Waals surface area (Å²) in [5, 5.41) is 7.06. The molecule has 0 spiro atoms. The van der Waals surface area contributed by atoms with E-state index < -0.39 is 0 Å². The van der Waals surface area contributed by atoms with E-state index in [0.717, 1.165) is 13.0 Å². The highest BCUT2D eigenvalue weighted by molar-refractivity contribution is 5.77. The summed E-state index contributed by atoms with van der Waals surface area (Å²) < 4.78 is 17.8. The number of rotatable bonds is 10. The number of benzene rings is 1. The summed E-state index contributed by atoms with van der Waals surface area (Å²) in [5.74, 6) is 1.93. The molecule has 3 aromatic heterocycles. The van der Waals surface area contributed by atoms with E-state index in [4.69, 9.17) is 19.6 Å². The van der Waals surface area contributed by atoms with E-state index in [2.05, 4.69) is 30.3 Å². The van der Waals surface area contributed by atoms with Crippen LogP contribution in [0, 0.1) is 0 Å². The Morgan fingerprint density at radius 1 is 1.15 bits per heavy atom. The predicted octanol–water partition coefficient (Wildman–Crippen LogP) is 1.60. The Morgan fingerprint density at radius 2 is 1.94 bits per heavy atom. The summed E-state index contributed by atoms with van der Waals surface area (Å²) >= 11 is 0. The second-order valence-corrected chi connectivity index (χ2v) is 7.36. The molecule has 0 bridgehead atoms. The standard InChI is InChI=1S/C21H24N8O4/c1-28(2)11-4-10-23-17(30)13-32-14-6-8-15(9-7-14)33-21-25-19(22)29-20(26-21)24-18(27-29)16-5-3-12-31-16/h3,5-9,12H,4,10-11,13H2,1-2H3,(H,23,30)(H2,22,24,25,26,27). The molecule has 33 heavy (non-hydrogen) atoms. The average molecular weight is 452 g/mol. The van der Waals surface area contributed by atoms with Crippen LogP contribution < -0.4 is 20.5 Å². The third-order valence-corrected chi connectivity index (χ3v) is 4.46. The molecule has 172 valence electrons. The summed E-state index contributed by atoms with van der Waals surface area (Å²) in [7, 11) is 3.98. The van der Waals surface area contributed by atoms with E-state index in [-0.39, 0.29) is 30.3 Å². The number of nitrogen functional groups attached to an aromatic ring is 1. The van der Waals surface area contributed by atoms with Crippen molar-refractivity contribution >= 4 is 17.6 Å². The smallest absolute Gasteiger partial charge is 0.328 e. The zero-order valence-electron chi connectivity index (χ0n) is 18.3. The average Bonchev–Trinajstić information content (AvgIpc) is 3.46. The molecule has 4 aromatic rings. The van der Waals surface area contributed by atoms with Gasteiger partial charge in [-0.1, -0.05) is 0 Å². The number of ether oxygens (including phenoxy) is 2. The number of hydrogen-bond acceptors (Lipinski definition) is 10. The number of carbonyl (C=O) groups is 1. The van der Waals surface area contributed by atoms with Crippen molar-refractivity contribution in [3.8, 4) is 29.1 Å². The summed E-state index contributed by atoms with van der Waals surface area (Å²) in [6.07, 6.45) is 2.40. The van der Waals surface area contributed by atoms with Crippen LogP contribution in [0.3, 0.4) is 0 Å². The van der Waals surface area contributed by atoms with Gasteiger partial charge in [-0.2, -0.15) is 19.5 Å².